The molecule has 1 aliphatic heterocycles. The first-order valence-electron chi connectivity index (χ1n) is 5.24. The van der Waals surface area contributed by atoms with Crippen molar-refractivity contribution in [3.05, 3.63) is 17.8 Å². The van der Waals surface area contributed by atoms with E-state index in [1.807, 2.05) is 7.05 Å². The highest BCUT2D eigenvalue weighted by Crippen LogP contribution is 2.07. The molecule has 16 heavy (non-hydrogen) atoms. The molecule has 0 saturated carbocycles. The quantitative estimate of drug-likeness (QED) is 0.703. The standard InChI is InChI=1S/C10H15N5O/c1-15-5-4-7(6-15)12-10(16)8-2-3-9(11)14-13-8/h2-3,7H,4-6H2,1H3,(H2,11,14)(H,12,16). The largest absolute Gasteiger partial charge is 0.382 e. The summed E-state index contributed by atoms with van der Waals surface area (Å²) in [7, 11) is 2.04. The lowest BCUT2D eigenvalue weighted by molar-refractivity contribution is 0.0932. The SMILES string of the molecule is CN1CCC(NC(=O)c2ccc(N)nn2)C1. The van der Waals surface area contributed by atoms with E-state index in [1.54, 1.807) is 12.1 Å². The molecule has 6 nitrogen and oxygen atoms in total. The van der Waals surface area contributed by atoms with Crippen LogP contribution in [0.3, 0.4) is 0 Å². The van der Waals surface area contributed by atoms with E-state index in [4.69, 9.17) is 5.73 Å². The maximum Gasteiger partial charge on any atom is 0.272 e. The fourth-order valence-corrected chi connectivity index (χ4v) is 1.78. The molecule has 0 aromatic carbocycles. The van der Waals surface area contributed by atoms with Gasteiger partial charge in [0.25, 0.3) is 5.91 Å². The number of carbonyl (C=O) groups excluding carboxylic acids is 1. The number of amides is 1. The number of hydrogen-bond donors (Lipinski definition) is 2. The third kappa shape index (κ3) is 2.46. The average molecular weight is 221 g/mol. The number of aromatic nitrogens is 2. The predicted molar refractivity (Wildman–Crippen MR) is 59.8 cm³/mol. The molecule has 3 N–H and O–H groups in total. The van der Waals surface area contributed by atoms with E-state index in [0.29, 0.717) is 11.5 Å². The molecule has 0 aliphatic carbocycles. The van der Waals surface area contributed by atoms with E-state index in [-0.39, 0.29) is 11.9 Å². The van der Waals surface area contributed by atoms with E-state index in [0.717, 1.165) is 19.5 Å². The van der Waals surface area contributed by atoms with Crippen molar-refractivity contribution in [3.63, 3.8) is 0 Å². The van der Waals surface area contributed by atoms with Gasteiger partial charge < -0.3 is 16.0 Å². The zero-order valence-electron chi connectivity index (χ0n) is 9.18. The average Bonchev–Trinajstić information content (AvgIpc) is 2.65. The molecule has 1 unspecified atom stereocenters. The molecular weight excluding hydrogens is 206 g/mol. The van der Waals surface area contributed by atoms with Crippen LogP contribution in [0.25, 0.3) is 0 Å². The number of hydrogen-bond acceptors (Lipinski definition) is 5. The van der Waals surface area contributed by atoms with Gasteiger partial charge in [0.2, 0.25) is 0 Å². The van der Waals surface area contributed by atoms with Gasteiger partial charge in [0.05, 0.1) is 0 Å². The summed E-state index contributed by atoms with van der Waals surface area (Å²) in [5, 5.41) is 10.3. The molecule has 0 radical (unpaired) electrons. The van der Waals surface area contributed by atoms with Crippen LogP contribution < -0.4 is 11.1 Å². The molecule has 1 fully saturated rings. The van der Waals surface area contributed by atoms with Crippen LogP contribution >= 0.6 is 0 Å². The first-order chi connectivity index (χ1) is 7.65. The number of likely N-dealkylation sites (N-methyl/N-ethyl adjacent to an activating group) is 1. The summed E-state index contributed by atoms with van der Waals surface area (Å²) >= 11 is 0. The van der Waals surface area contributed by atoms with Gasteiger partial charge in [-0.1, -0.05) is 0 Å². The Bertz CT molecular complexity index is 377. The minimum absolute atomic E-state index is 0.187. The smallest absolute Gasteiger partial charge is 0.272 e. The third-order valence-electron chi connectivity index (χ3n) is 2.64. The van der Waals surface area contributed by atoms with Gasteiger partial charge in [-0.3, -0.25) is 4.79 Å². The molecule has 1 aromatic heterocycles. The molecule has 86 valence electrons. The maximum absolute atomic E-state index is 11.7. The van der Waals surface area contributed by atoms with Gasteiger partial charge in [-0.2, -0.15) is 0 Å². The number of nitrogen functional groups attached to an aromatic ring is 1. The van der Waals surface area contributed by atoms with Crippen molar-refractivity contribution in [3.8, 4) is 0 Å². The Morgan fingerprint density at radius 3 is 2.94 bits per heavy atom. The van der Waals surface area contributed by atoms with Crippen LogP contribution in [0.4, 0.5) is 5.82 Å². The second-order valence-electron chi connectivity index (χ2n) is 4.06. The lowest BCUT2D eigenvalue weighted by Gasteiger charge is -2.11. The van der Waals surface area contributed by atoms with Crippen molar-refractivity contribution in [2.24, 2.45) is 0 Å². The molecule has 1 atom stereocenters. The van der Waals surface area contributed by atoms with Crippen LogP contribution in [0.5, 0.6) is 0 Å². The molecule has 6 heteroatoms. The molecule has 0 bridgehead atoms. The topological polar surface area (TPSA) is 84.1 Å². The molecule has 1 aliphatic rings. The predicted octanol–water partition coefficient (Wildman–Crippen LogP) is -0.507. The van der Waals surface area contributed by atoms with Crippen molar-refractivity contribution in [2.75, 3.05) is 25.9 Å². The minimum Gasteiger partial charge on any atom is -0.382 e. The highest BCUT2D eigenvalue weighted by molar-refractivity contribution is 5.92. The fourth-order valence-electron chi connectivity index (χ4n) is 1.78. The highest BCUT2D eigenvalue weighted by Gasteiger charge is 2.21. The summed E-state index contributed by atoms with van der Waals surface area (Å²) in [6, 6.07) is 3.36. The van der Waals surface area contributed by atoms with Crippen LogP contribution in [-0.4, -0.2) is 47.2 Å². The number of likely N-dealkylation sites (tertiary alicyclic amines) is 1. The van der Waals surface area contributed by atoms with Gasteiger partial charge >= 0.3 is 0 Å². The summed E-state index contributed by atoms with van der Waals surface area (Å²) in [4.78, 5) is 13.9. The van der Waals surface area contributed by atoms with E-state index in [2.05, 4.69) is 20.4 Å². The van der Waals surface area contributed by atoms with Crippen LogP contribution in [-0.2, 0) is 0 Å². The third-order valence-corrected chi connectivity index (χ3v) is 2.64. The summed E-state index contributed by atoms with van der Waals surface area (Å²) in [5.74, 6) is 0.130. The summed E-state index contributed by atoms with van der Waals surface area (Å²) in [6.45, 7) is 1.90. The zero-order valence-corrected chi connectivity index (χ0v) is 9.18. The van der Waals surface area contributed by atoms with Crippen molar-refractivity contribution < 1.29 is 4.79 Å². The summed E-state index contributed by atoms with van der Waals surface area (Å²) in [5.41, 5.74) is 5.71. The minimum atomic E-state index is -0.187. The van der Waals surface area contributed by atoms with Crippen molar-refractivity contribution >= 4 is 11.7 Å². The Kier molecular flexibility index (Phi) is 3.00. The van der Waals surface area contributed by atoms with E-state index in [9.17, 15) is 4.79 Å². The first-order valence-corrected chi connectivity index (χ1v) is 5.24. The molecule has 1 aromatic rings. The van der Waals surface area contributed by atoms with E-state index < -0.39 is 0 Å². The van der Waals surface area contributed by atoms with E-state index >= 15 is 0 Å². The second kappa shape index (κ2) is 4.44. The Morgan fingerprint density at radius 2 is 2.38 bits per heavy atom. The second-order valence-corrected chi connectivity index (χ2v) is 4.06. The highest BCUT2D eigenvalue weighted by atomic mass is 16.2. The van der Waals surface area contributed by atoms with Crippen molar-refractivity contribution in [1.29, 1.82) is 0 Å². The van der Waals surface area contributed by atoms with Gasteiger partial charge in [-0.25, -0.2) is 0 Å². The Labute approximate surface area is 93.8 Å². The molecular formula is C10H15N5O. The Balaban J connectivity index is 1.95. The molecule has 1 amide bonds. The van der Waals surface area contributed by atoms with Crippen LogP contribution in [0.2, 0.25) is 0 Å². The number of nitrogens with one attached hydrogen (secondary N) is 1. The normalized spacial score (nSPS) is 20.9. The lowest BCUT2D eigenvalue weighted by Crippen LogP contribution is -2.37. The Morgan fingerprint density at radius 1 is 1.56 bits per heavy atom. The zero-order chi connectivity index (χ0) is 11.5. The number of carbonyl (C=O) groups is 1. The number of nitrogens with zero attached hydrogens (tertiary/aromatic N) is 3. The van der Waals surface area contributed by atoms with Gasteiger partial charge in [0.1, 0.15) is 5.82 Å². The van der Waals surface area contributed by atoms with Crippen LogP contribution in [0, 0.1) is 0 Å². The monoisotopic (exact) mass is 221 g/mol. The number of rotatable bonds is 2. The van der Waals surface area contributed by atoms with Crippen molar-refractivity contribution in [2.45, 2.75) is 12.5 Å². The molecule has 0 spiro atoms. The Hall–Kier alpha value is -1.69. The van der Waals surface area contributed by atoms with Gasteiger partial charge in [-0.15, -0.1) is 10.2 Å². The van der Waals surface area contributed by atoms with Gasteiger partial charge in [0, 0.05) is 12.6 Å². The fraction of sp³-hybridized carbons (Fsp3) is 0.500. The lowest BCUT2D eigenvalue weighted by atomic mass is 10.2. The van der Waals surface area contributed by atoms with Gasteiger partial charge in [-0.05, 0) is 32.1 Å². The number of nitrogens with two attached hydrogens (primary N) is 1. The van der Waals surface area contributed by atoms with E-state index in [1.165, 1.54) is 0 Å². The molecule has 2 rings (SSSR count). The number of anilines is 1. The van der Waals surface area contributed by atoms with Crippen LogP contribution in [0.15, 0.2) is 12.1 Å². The molecule has 1 saturated heterocycles. The maximum atomic E-state index is 11.7. The van der Waals surface area contributed by atoms with Gasteiger partial charge in [0.15, 0.2) is 5.69 Å². The summed E-state index contributed by atoms with van der Waals surface area (Å²) < 4.78 is 0. The summed E-state index contributed by atoms with van der Waals surface area (Å²) in [6.07, 6.45) is 0.977. The molecule has 2 heterocycles. The first kappa shape index (κ1) is 10.8. The van der Waals surface area contributed by atoms with Crippen LogP contribution in [0.1, 0.15) is 16.9 Å². The van der Waals surface area contributed by atoms with Crippen molar-refractivity contribution in [1.82, 2.24) is 20.4 Å².